The SMILES string of the molecule is Cl.Fc1ccccc1COc1ccc(Br)cc1CNCc1ccco1. The summed E-state index contributed by atoms with van der Waals surface area (Å²) in [6, 6.07) is 16.2. The largest absolute Gasteiger partial charge is 0.488 e. The first-order valence-electron chi connectivity index (χ1n) is 7.60. The molecule has 0 unspecified atom stereocenters. The number of ether oxygens (including phenoxy) is 1. The second-order valence-electron chi connectivity index (χ2n) is 5.32. The molecule has 1 heterocycles. The molecule has 3 rings (SSSR count). The molecular formula is C19H18BrClFNO2. The van der Waals surface area contributed by atoms with E-state index < -0.39 is 0 Å². The molecule has 0 aliphatic heterocycles. The van der Waals surface area contributed by atoms with Gasteiger partial charge in [0.2, 0.25) is 0 Å². The Bertz CT molecular complexity index is 796. The molecule has 3 nitrogen and oxygen atoms in total. The van der Waals surface area contributed by atoms with Gasteiger partial charge in [-0.05, 0) is 36.4 Å². The van der Waals surface area contributed by atoms with Gasteiger partial charge in [0, 0.05) is 22.1 Å². The number of hydrogen-bond acceptors (Lipinski definition) is 3. The molecule has 0 saturated heterocycles. The van der Waals surface area contributed by atoms with Gasteiger partial charge in [0.1, 0.15) is 23.9 Å². The van der Waals surface area contributed by atoms with Crippen molar-refractivity contribution in [3.63, 3.8) is 0 Å². The van der Waals surface area contributed by atoms with Crippen LogP contribution in [0.25, 0.3) is 0 Å². The number of furan rings is 1. The molecule has 0 radical (unpaired) electrons. The van der Waals surface area contributed by atoms with E-state index in [1.807, 2.05) is 30.3 Å². The summed E-state index contributed by atoms with van der Waals surface area (Å²) in [4.78, 5) is 0. The molecule has 0 aliphatic carbocycles. The molecule has 0 aliphatic rings. The van der Waals surface area contributed by atoms with Crippen LogP contribution in [0.1, 0.15) is 16.9 Å². The topological polar surface area (TPSA) is 34.4 Å². The zero-order chi connectivity index (χ0) is 16.8. The summed E-state index contributed by atoms with van der Waals surface area (Å²) in [5.41, 5.74) is 1.53. The van der Waals surface area contributed by atoms with Crippen molar-refractivity contribution in [3.05, 3.63) is 88.0 Å². The first-order chi connectivity index (χ1) is 11.7. The Hall–Kier alpha value is -1.82. The smallest absolute Gasteiger partial charge is 0.129 e. The molecular weight excluding hydrogens is 409 g/mol. The van der Waals surface area contributed by atoms with Crippen LogP contribution in [0.15, 0.2) is 69.8 Å². The third kappa shape index (κ3) is 5.59. The third-order valence-electron chi connectivity index (χ3n) is 3.56. The Kier molecular flexibility index (Phi) is 7.50. The van der Waals surface area contributed by atoms with E-state index in [-0.39, 0.29) is 24.8 Å². The van der Waals surface area contributed by atoms with Gasteiger partial charge in [-0.25, -0.2) is 4.39 Å². The van der Waals surface area contributed by atoms with Crippen LogP contribution in [0.3, 0.4) is 0 Å². The highest BCUT2D eigenvalue weighted by atomic mass is 79.9. The minimum absolute atomic E-state index is 0. The standard InChI is InChI=1S/C19H17BrFNO2.ClH/c20-16-7-8-19(24-13-14-4-1-2-6-18(14)21)15(10-16)11-22-12-17-5-3-9-23-17;/h1-10,22H,11-13H2;1H. The highest BCUT2D eigenvalue weighted by molar-refractivity contribution is 9.10. The lowest BCUT2D eigenvalue weighted by molar-refractivity contribution is 0.295. The molecule has 0 saturated carbocycles. The van der Waals surface area contributed by atoms with E-state index in [2.05, 4.69) is 21.2 Å². The zero-order valence-corrected chi connectivity index (χ0v) is 15.8. The fourth-order valence-electron chi connectivity index (χ4n) is 2.33. The fourth-order valence-corrected chi connectivity index (χ4v) is 2.74. The van der Waals surface area contributed by atoms with E-state index in [0.29, 0.717) is 18.7 Å². The van der Waals surface area contributed by atoms with Gasteiger partial charge in [-0.2, -0.15) is 0 Å². The molecule has 1 N–H and O–H groups in total. The van der Waals surface area contributed by atoms with E-state index in [1.165, 1.54) is 6.07 Å². The summed E-state index contributed by atoms with van der Waals surface area (Å²) >= 11 is 3.47. The molecule has 0 amide bonds. The second-order valence-corrected chi connectivity index (χ2v) is 6.23. The molecule has 3 aromatic rings. The number of hydrogen-bond donors (Lipinski definition) is 1. The van der Waals surface area contributed by atoms with Gasteiger partial charge in [-0.1, -0.05) is 34.1 Å². The van der Waals surface area contributed by atoms with Gasteiger partial charge < -0.3 is 14.5 Å². The lowest BCUT2D eigenvalue weighted by Gasteiger charge is -2.13. The minimum Gasteiger partial charge on any atom is -0.488 e. The maximum absolute atomic E-state index is 13.7. The van der Waals surface area contributed by atoms with Crippen LogP contribution in [0.5, 0.6) is 5.75 Å². The van der Waals surface area contributed by atoms with Crippen LogP contribution in [-0.2, 0) is 19.7 Å². The maximum atomic E-state index is 13.7. The highest BCUT2D eigenvalue weighted by Gasteiger charge is 2.07. The number of rotatable bonds is 7. The number of halogens is 3. The minimum atomic E-state index is -0.257. The summed E-state index contributed by atoms with van der Waals surface area (Å²) in [6.07, 6.45) is 1.65. The van der Waals surface area contributed by atoms with Gasteiger partial charge in [0.25, 0.3) is 0 Å². The Morgan fingerprint density at radius 3 is 2.60 bits per heavy atom. The van der Waals surface area contributed by atoms with Crippen molar-refractivity contribution in [3.8, 4) is 5.75 Å². The van der Waals surface area contributed by atoms with Crippen LogP contribution >= 0.6 is 28.3 Å². The van der Waals surface area contributed by atoms with Crippen molar-refractivity contribution >= 4 is 28.3 Å². The van der Waals surface area contributed by atoms with Gasteiger partial charge in [0.15, 0.2) is 0 Å². The van der Waals surface area contributed by atoms with E-state index in [9.17, 15) is 4.39 Å². The Labute approximate surface area is 160 Å². The van der Waals surface area contributed by atoms with Gasteiger partial charge >= 0.3 is 0 Å². The average molecular weight is 427 g/mol. The Morgan fingerprint density at radius 1 is 1.00 bits per heavy atom. The van der Waals surface area contributed by atoms with E-state index >= 15 is 0 Å². The van der Waals surface area contributed by atoms with Crippen LogP contribution in [0.2, 0.25) is 0 Å². The van der Waals surface area contributed by atoms with Crippen molar-refractivity contribution in [2.75, 3.05) is 0 Å². The highest BCUT2D eigenvalue weighted by Crippen LogP contribution is 2.24. The molecule has 132 valence electrons. The number of benzene rings is 2. The molecule has 0 bridgehead atoms. The van der Waals surface area contributed by atoms with E-state index in [1.54, 1.807) is 24.5 Å². The summed E-state index contributed by atoms with van der Waals surface area (Å²) < 4.78 is 25.8. The molecule has 0 atom stereocenters. The Morgan fingerprint density at radius 2 is 1.84 bits per heavy atom. The summed E-state index contributed by atoms with van der Waals surface area (Å²) in [5.74, 6) is 1.35. The summed E-state index contributed by atoms with van der Waals surface area (Å²) in [7, 11) is 0. The molecule has 2 aromatic carbocycles. The van der Waals surface area contributed by atoms with Crippen LogP contribution in [-0.4, -0.2) is 0 Å². The van der Waals surface area contributed by atoms with Crippen molar-refractivity contribution < 1.29 is 13.5 Å². The van der Waals surface area contributed by atoms with Crippen molar-refractivity contribution in [1.29, 1.82) is 0 Å². The van der Waals surface area contributed by atoms with Crippen LogP contribution in [0, 0.1) is 5.82 Å². The molecule has 1 aromatic heterocycles. The van der Waals surface area contributed by atoms with Crippen LogP contribution < -0.4 is 10.1 Å². The molecule has 25 heavy (non-hydrogen) atoms. The molecule has 0 spiro atoms. The Balaban J connectivity index is 0.00000225. The maximum Gasteiger partial charge on any atom is 0.129 e. The van der Waals surface area contributed by atoms with E-state index in [4.69, 9.17) is 9.15 Å². The average Bonchev–Trinajstić information content (AvgIpc) is 3.09. The normalized spacial score (nSPS) is 10.3. The summed E-state index contributed by atoms with van der Waals surface area (Å²) in [6.45, 7) is 1.44. The second kappa shape index (κ2) is 9.61. The monoisotopic (exact) mass is 425 g/mol. The van der Waals surface area contributed by atoms with Crippen molar-refractivity contribution in [2.45, 2.75) is 19.7 Å². The lowest BCUT2D eigenvalue weighted by Crippen LogP contribution is -2.13. The van der Waals surface area contributed by atoms with Crippen molar-refractivity contribution in [1.82, 2.24) is 5.32 Å². The number of nitrogens with one attached hydrogen (secondary N) is 1. The summed E-state index contributed by atoms with van der Waals surface area (Å²) in [5, 5.41) is 3.31. The first-order valence-corrected chi connectivity index (χ1v) is 8.39. The van der Waals surface area contributed by atoms with Gasteiger partial charge in [0.05, 0.1) is 12.8 Å². The van der Waals surface area contributed by atoms with E-state index in [0.717, 1.165) is 21.5 Å². The predicted molar refractivity (Wildman–Crippen MR) is 101 cm³/mol. The fraction of sp³-hybridized carbons (Fsp3) is 0.158. The first kappa shape index (κ1) is 19.5. The molecule has 6 heteroatoms. The lowest BCUT2D eigenvalue weighted by atomic mass is 10.2. The quantitative estimate of drug-likeness (QED) is 0.544. The predicted octanol–water partition coefficient (Wildman–Crippen LogP) is 5.47. The van der Waals surface area contributed by atoms with Gasteiger partial charge in [-0.15, -0.1) is 12.4 Å². The van der Waals surface area contributed by atoms with Gasteiger partial charge in [-0.3, -0.25) is 0 Å². The third-order valence-corrected chi connectivity index (χ3v) is 4.05. The van der Waals surface area contributed by atoms with Crippen molar-refractivity contribution in [2.24, 2.45) is 0 Å². The van der Waals surface area contributed by atoms with Crippen LogP contribution in [0.4, 0.5) is 4.39 Å². The zero-order valence-electron chi connectivity index (χ0n) is 13.4. The molecule has 0 fully saturated rings.